The Labute approximate surface area is 80.4 Å². The molecule has 1 saturated carbocycles. The molecule has 0 aliphatic heterocycles. The highest BCUT2D eigenvalue weighted by Gasteiger charge is 2.45. The van der Waals surface area contributed by atoms with Crippen LogP contribution in [0.5, 0.6) is 11.5 Å². The summed E-state index contributed by atoms with van der Waals surface area (Å²) in [4.78, 5) is 10.6. The second kappa shape index (κ2) is 2.90. The minimum Gasteiger partial charge on any atom is -0.504 e. The van der Waals surface area contributed by atoms with Crippen molar-refractivity contribution in [2.75, 3.05) is 0 Å². The molecule has 0 spiro atoms. The quantitative estimate of drug-likeness (QED) is 0.620. The van der Waals surface area contributed by atoms with Gasteiger partial charge in [0.05, 0.1) is 5.92 Å². The number of carboxylic acid groups (broad SMARTS) is 1. The minimum atomic E-state index is -0.849. The van der Waals surface area contributed by atoms with Gasteiger partial charge in [-0.25, -0.2) is 0 Å². The summed E-state index contributed by atoms with van der Waals surface area (Å²) in [6.07, 6.45) is 0.534. The molecular weight excluding hydrogens is 184 g/mol. The van der Waals surface area contributed by atoms with E-state index >= 15 is 0 Å². The maximum absolute atomic E-state index is 10.6. The average molecular weight is 194 g/mol. The van der Waals surface area contributed by atoms with Crippen LogP contribution in [0.25, 0.3) is 0 Å². The summed E-state index contributed by atoms with van der Waals surface area (Å²) >= 11 is 0. The van der Waals surface area contributed by atoms with Crippen molar-refractivity contribution in [3.05, 3.63) is 23.8 Å². The van der Waals surface area contributed by atoms with E-state index in [1.54, 1.807) is 12.1 Å². The molecule has 0 aromatic heterocycles. The summed E-state index contributed by atoms with van der Waals surface area (Å²) in [6, 6.07) is 4.61. The number of carbonyl (C=O) groups is 1. The molecule has 4 heteroatoms. The van der Waals surface area contributed by atoms with E-state index in [1.165, 1.54) is 6.07 Å². The van der Waals surface area contributed by atoms with Crippen molar-refractivity contribution in [2.45, 2.75) is 12.3 Å². The Hall–Kier alpha value is -1.71. The van der Waals surface area contributed by atoms with E-state index in [0.717, 1.165) is 0 Å². The minimum absolute atomic E-state index is 0.153. The van der Waals surface area contributed by atoms with E-state index in [9.17, 15) is 15.0 Å². The van der Waals surface area contributed by atoms with Gasteiger partial charge in [-0.05, 0) is 12.5 Å². The zero-order valence-electron chi connectivity index (χ0n) is 7.34. The van der Waals surface area contributed by atoms with Gasteiger partial charge < -0.3 is 15.3 Å². The van der Waals surface area contributed by atoms with Gasteiger partial charge in [0.15, 0.2) is 11.5 Å². The van der Waals surface area contributed by atoms with Crippen LogP contribution in [0.2, 0.25) is 0 Å². The van der Waals surface area contributed by atoms with Gasteiger partial charge in [0.2, 0.25) is 0 Å². The van der Waals surface area contributed by atoms with E-state index in [4.69, 9.17) is 5.11 Å². The Balaban J connectivity index is 2.27. The van der Waals surface area contributed by atoms with Crippen LogP contribution >= 0.6 is 0 Å². The Morgan fingerprint density at radius 1 is 1.36 bits per heavy atom. The molecule has 0 bridgehead atoms. The summed E-state index contributed by atoms with van der Waals surface area (Å²) < 4.78 is 0. The van der Waals surface area contributed by atoms with Crippen LogP contribution in [-0.2, 0) is 4.79 Å². The third kappa shape index (κ3) is 1.28. The first-order valence-electron chi connectivity index (χ1n) is 4.35. The smallest absolute Gasteiger partial charge is 0.307 e. The van der Waals surface area contributed by atoms with Gasteiger partial charge in [0.25, 0.3) is 0 Å². The number of hydrogen-bond donors (Lipinski definition) is 3. The SMILES string of the molecule is O=C(O)C1CC1c1cccc(O)c1O. The lowest BCUT2D eigenvalue weighted by atomic mass is 10.1. The van der Waals surface area contributed by atoms with Crippen LogP contribution in [0.4, 0.5) is 0 Å². The highest BCUT2D eigenvalue weighted by molar-refractivity contribution is 5.75. The third-order valence-corrected chi connectivity index (χ3v) is 2.55. The normalized spacial score (nSPS) is 24.6. The van der Waals surface area contributed by atoms with Crippen molar-refractivity contribution in [2.24, 2.45) is 5.92 Å². The molecule has 1 aliphatic rings. The van der Waals surface area contributed by atoms with E-state index in [1.807, 2.05) is 0 Å². The summed E-state index contributed by atoms with van der Waals surface area (Å²) in [5.74, 6) is -1.81. The fraction of sp³-hybridized carbons (Fsp3) is 0.300. The topological polar surface area (TPSA) is 77.8 Å². The molecule has 0 heterocycles. The van der Waals surface area contributed by atoms with Crippen LogP contribution in [0.1, 0.15) is 17.9 Å². The standard InChI is InChI=1S/C10H10O4/c11-8-3-1-2-5(9(8)12)6-4-7(6)10(13)14/h1-3,6-7,11-12H,4H2,(H,13,14). The number of carboxylic acids is 1. The Bertz CT molecular complexity index is 386. The maximum Gasteiger partial charge on any atom is 0.307 e. The molecular formula is C10H10O4. The number of rotatable bonds is 2. The number of aromatic hydroxyl groups is 2. The fourth-order valence-electron chi connectivity index (χ4n) is 1.66. The molecule has 1 aliphatic carbocycles. The predicted octanol–water partition coefficient (Wildman–Crippen LogP) is 1.29. The fourth-order valence-corrected chi connectivity index (χ4v) is 1.66. The second-order valence-electron chi connectivity index (χ2n) is 3.50. The molecule has 3 N–H and O–H groups in total. The van der Waals surface area contributed by atoms with Gasteiger partial charge in [-0.3, -0.25) is 4.79 Å². The Kier molecular flexibility index (Phi) is 1.84. The highest BCUT2D eigenvalue weighted by Crippen LogP contribution is 2.51. The molecule has 0 saturated heterocycles. The van der Waals surface area contributed by atoms with Gasteiger partial charge >= 0.3 is 5.97 Å². The molecule has 2 atom stereocenters. The van der Waals surface area contributed by atoms with Gasteiger partial charge in [0.1, 0.15) is 0 Å². The second-order valence-corrected chi connectivity index (χ2v) is 3.50. The largest absolute Gasteiger partial charge is 0.504 e. The van der Waals surface area contributed by atoms with Crippen molar-refractivity contribution in [1.29, 1.82) is 0 Å². The predicted molar refractivity (Wildman–Crippen MR) is 48.3 cm³/mol. The first kappa shape index (κ1) is 8.87. The molecule has 1 fully saturated rings. The van der Waals surface area contributed by atoms with Gasteiger partial charge in [-0.2, -0.15) is 0 Å². The Morgan fingerprint density at radius 2 is 2.07 bits per heavy atom. The van der Waals surface area contributed by atoms with Crippen LogP contribution in [0, 0.1) is 5.92 Å². The van der Waals surface area contributed by atoms with Crippen molar-refractivity contribution in [3.8, 4) is 11.5 Å². The van der Waals surface area contributed by atoms with Crippen LogP contribution in [0.15, 0.2) is 18.2 Å². The molecule has 0 amide bonds. The van der Waals surface area contributed by atoms with Gasteiger partial charge in [-0.15, -0.1) is 0 Å². The third-order valence-electron chi connectivity index (χ3n) is 2.55. The molecule has 0 radical (unpaired) electrons. The van der Waals surface area contributed by atoms with Crippen LogP contribution in [-0.4, -0.2) is 21.3 Å². The van der Waals surface area contributed by atoms with Crippen molar-refractivity contribution in [1.82, 2.24) is 0 Å². The molecule has 74 valence electrons. The number of para-hydroxylation sites is 1. The average Bonchev–Trinajstić information content (AvgIpc) is 2.89. The van der Waals surface area contributed by atoms with Gasteiger partial charge in [0, 0.05) is 11.5 Å². The number of benzene rings is 1. The monoisotopic (exact) mass is 194 g/mol. The van der Waals surface area contributed by atoms with Crippen molar-refractivity contribution >= 4 is 5.97 Å². The van der Waals surface area contributed by atoms with Gasteiger partial charge in [-0.1, -0.05) is 12.1 Å². The lowest BCUT2D eigenvalue weighted by Crippen LogP contribution is -1.98. The number of phenols is 2. The number of hydrogen-bond acceptors (Lipinski definition) is 3. The lowest BCUT2D eigenvalue weighted by Gasteiger charge is -2.03. The lowest BCUT2D eigenvalue weighted by molar-refractivity contribution is -0.138. The summed E-state index contributed by atoms with van der Waals surface area (Å²) in [5.41, 5.74) is 0.525. The molecule has 2 unspecified atom stereocenters. The first-order chi connectivity index (χ1) is 6.61. The van der Waals surface area contributed by atoms with Crippen molar-refractivity contribution in [3.63, 3.8) is 0 Å². The van der Waals surface area contributed by atoms with Crippen LogP contribution in [0.3, 0.4) is 0 Å². The summed E-state index contributed by atoms with van der Waals surface area (Å²) in [5, 5.41) is 27.4. The van der Waals surface area contributed by atoms with Crippen molar-refractivity contribution < 1.29 is 20.1 Å². The summed E-state index contributed by atoms with van der Waals surface area (Å²) in [6.45, 7) is 0. The number of phenolic OH excluding ortho intramolecular Hbond substituents is 2. The van der Waals surface area contributed by atoms with E-state index < -0.39 is 11.9 Å². The van der Waals surface area contributed by atoms with E-state index in [-0.39, 0.29) is 17.4 Å². The zero-order chi connectivity index (χ0) is 10.3. The molecule has 1 aromatic rings. The zero-order valence-corrected chi connectivity index (χ0v) is 7.34. The van der Waals surface area contributed by atoms with E-state index in [2.05, 4.69) is 0 Å². The molecule has 1 aromatic carbocycles. The molecule has 14 heavy (non-hydrogen) atoms. The first-order valence-corrected chi connectivity index (χ1v) is 4.35. The molecule has 4 nitrogen and oxygen atoms in total. The molecule has 2 rings (SSSR count). The summed E-state index contributed by atoms with van der Waals surface area (Å²) in [7, 11) is 0. The van der Waals surface area contributed by atoms with E-state index in [0.29, 0.717) is 12.0 Å². The highest BCUT2D eigenvalue weighted by atomic mass is 16.4. The number of aliphatic carboxylic acids is 1. The maximum atomic E-state index is 10.6. The Morgan fingerprint density at radius 3 is 2.64 bits per heavy atom. The van der Waals surface area contributed by atoms with Crippen LogP contribution < -0.4 is 0 Å².